The number of nitrogens with zero attached hydrogens (tertiary/aromatic N) is 2. The molecule has 0 radical (unpaired) electrons. The van der Waals surface area contributed by atoms with E-state index in [1.807, 2.05) is 0 Å². The number of fused-ring (bicyclic) bond motifs is 1. The molecule has 1 fully saturated rings. The fourth-order valence-corrected chi connectivity index (χ4v) is 4.46. The van der Waals surface area contributed by atoms with Crippen molar-refractivity contribution in [2.45, 2.75) is 30.6 Å². The van der Waals surface area contributed by atoms with E-state index in [9.17, 15) is 18.0 Å². The zero-order valence-corrected chi connectivity index (χ0v) is 15.0. The molecule has 1 saturated heterocycles. The number of amides is 1. The molecular weight excluding hydrogens is 358 g/mol. The maximum absolute atomic E-state index is 12.2. The van der Waals surface area contributed by atoms with Gasteiger partial charge in [-0.05, 0) is 31.4 Å². The summed E-state index contributed by atoms with van der Waals surface area (Å²) in [6, 6.07) is 6.64. The summed E-state index contributed by atoms with van der Waals surface area (Å²) in [5, 5.41) is 8.98. The number of rotatable bonds is 5. The monoisotopic (exact) mass is 379 g/mol. The maximum Gasteiger partial charge on any atom is 0.306 e. The second-order valence-corrected chi connectivity index (χ2v) is 8.08. The van der Waals surface area contributed by atoms with Crippen molar-refractivity contribution in [3.63, 3.8) is 0 Å². The van der Waals surface area contributed by atoms with E-state index in [4.69, 9.17) is 5.11 Å². The van der Waals surface area contributed by atoms with Gasteiger partial charge in [-0.15, -0.1) is 0 Å². The lowest BCUT2D eigenvalue weighted by molar-refractivity contribution is -0.145. The van der Waals surface area contributed by atoms with E-state index < -0.39 is 16.0 Å². The third-order valence-electron chi connectivity index (χ3n) is 4.68. The Morgan fingerprint density at radius 1 is 1.23 bits per heavy atom. The molecule has 0 unspecified atom stereocenters. The molecule has 1 aromatic carbocycles. The number of likely N-dealkylation sites (tertiary alicyclic amines) is 1. The summed E-state index contributed by atoms with van der Waals surface area (Å²) in [5.41, 5.74) is 0.551. The molecule has 2 heterocycles. The predicted molar refractivity (Wildman–Crippen MR) is 94.3 cm³/mol. The first-order chi connectivity index (χ1) is 12.4. The molecule has 0 bridgehead atoms. The quantitative estimate of drug-likeness (QED) is 0.735. The second kappa shape index (κ2) is 7.45. The predicted octanol–water partition coefficient (Wildman–Crippen LogP) is 0.829. The number of aliphatic imine (C=N–C) groups is 1. The Morgan fingerprint density at radius 3 is 2.62 bits per heavy atom. The van der Waals surface area contributed by atoms with Gasteiger partial charge in [-0.3, -0.25) is 19.3 Å². The molecule has 8 nitrogen and oxygen atoms in total. The molecule has 0 aliphatic carbocycles. The highest BCUT2D eigenvalue weighted by atomic mass is 32.2. The molecule has 2 N–H and O–H groups in total. The van der Waals surface area contributed by atoms with Gasteiger partial charge in [0, 0.05) is 31.6 Å². The molecule has 2 aliphatic rings. The van der Waals surface area contributed by atoms with Crippen molar-refractivity contribution >= 4 is 27.7 Å². The molecule has 2 aliphatic heterocycles. The van der Waals surface area contributed by atoms with Crippen molar-refractivity contribution in [2.24, 2.45) is 10.9 Å². The van der Waals surface area contributed by atoms with Gasteiger partial charge < -0.3 is 10.0 Å². The van der Waals surface area contributed by atoms with Gasteiger partial charge in [0.05, 0.1) is 10.8 Å². The van der Waals surface area contributed by atoms with E-state index in [1.54, 1.807) is 23.1 Å². The van der Waals surface area contributed by atoms with Crippen LogP contribution in [0.5, 0.6) is 0 Å². The van der Waals surface area contributed by atoms with Crippen molar-refractivity contribution in [2.75, 3.05) is 19.6 Å². The van der Waals surface area contributed by atoms with Crippen molar-refractivity contribution < 1.29 is 23.1 Å². The third-order valence-corrected chi connectivity index (χ3v) is 6.08. The van der Waals surface area contributed by atoms with Gasteiger partial charge in [-0.2, -0.15) is 0 Å². The van der Waals surface area contributed by atoms with E-state index in [0.717, 1.165) is 0 Å². The average Bonchev–Trinajstić information content (AvgIpc) is 2.89. The summed E-state index contributed by atoms with van der Waals surface area (Å²) in [5.74, 6) is -0.857. The highest BCUT2D eigenvalue weighted by molar-refractivity contribution is 7.90. The number of carboxylic acids is 1. The summed E-state index contributed by atoms with van der Waals surface area (Å²) < 4.78 is 26.4. The van der Waals surface area contributed by atoms with Crippen LogP contribution in [0.4, 0.5) is 0 Å². The van der Waals surface area contributed by atoms with Crippen LogP contribution >= 0.6 is 0 Å². The smallest absolute Gasteiger partial charge is 0.306 e. The molecule has 0 saturated carbocycles. The van der Waals surface area contributed by atoms with Crippen molar-refractivity contribution in [1.82, 2.24) is 9.62 Å². The number of carbonyl (C=O) groups excluding carboxylic acids is 1. The van der Waals surface area contributed by atoms with Crippen molar-refractivity contribution in [1.29, 1.82) is 0 Å². The first-order valence-corrected chi connectivity index (χ1v) is 10.0. The first kappa shape index (κ1) is 18.4. The van der Waals surface area contributed by atoms with Gasteiger partial charge in [-0.1, -0.05) is 12.1 Å². The fourth-order valence-electron chi connectivity index (χ4n) is 3.21. The van der Waals surface area contributed by atoms with Crippen LogP contribution in [0.1, 0.15) is 31.2 Å². The Morgan fingerprint density at radius 2 is 1.92 bits per heavy atom. The van der Waals surface area contributed by atoms with Crippen LogP contribution in [0, 0.1) is 5.92 Å². The molecular formula is C17H21N3O5S. The minimum Gasteiger partial charge on any atom is -0.481 e. The van der Waals surface area contributed by atoms with Gasteiger partial charge in [-0.25, -0.2) is 8.42 Å². The van der Waals surface area contributed by atoms with Gasteiger partial charge in [0.15, 0.2) is 0 Å². The fraction of sp³-hybridized carbons (Fsp3) is 0.471. The number of amidine groups is 1. The lowest BCUT2D eigenvalue weighted by Gasteiger charge is -2.30. The molecule has 0 atom stereocenters. The Hall–Kier alpha value is -2.42. The summed E-state index contributed by atoms with van der Waals surface area (Å²) in [6.07, 6.45) is 1.79. The molecule has 3 rings (SSSR count). The Labute approximate surface area is 152 Å². The van der Waals surface area contributed by atoms with Gasteiger partial charge in [0.1, 0.15) is 5.84 Å². The number of aliphatic carboxylic acids is 1. The highest BCUT2D eigenvalue weighted by Gasteiger charge is 2.30. The molecule has 1 aromatic rings. The van der Waals surface area contributed by atoms with Crippen LogP contribution in [-0.2, 0) is 19.6 Å². The zero-order valence-electron chi connectivity index (χ0n) is 14.2. The summed E-state index contributed by atoms with van der Waals surface area (Å²) in [4.78, 5) is 29.3. The summed E-state index contributed by atoms with van der Waals surface area (Å²) >= 11 is 0. The van der Waals surface area contributed by atoms with Crippen LogP contribution in [0.2, 0.25) is 0 Å². The van der Waals surface area contributed by atoms with E-state index in [2.05, 4.69) is 9.71 Å². The second-order valence-electron chi connectivity index (χ2n) is 6.43. The Balaban J connectivity index is 1.50. The number of hydrogen-bond donors (Lipinski definition) is 2. The lowest BCUT2D eigenvalue weighted by Crippen LogP contribution is -2.40. The Kier molecular flexibility index (Phi) is 5.26. The number of nitrogens with one attached hydrogen (secondary N) is 1. The van der Waals surface area contributed by atoms with E-state index in [0.29, 0.717) is 56.7 Å². The molecule has 1 amide bonds. The number of piperidine rings is 1. The van der Waals surface area contributed by atoms with Crippen LogP contribution in [0.15, 0.2) is 34.2 Å². The van der Waals surface area contributed by atoms with Crippen LogP contribution in [0.3, 0.4) is 0 Å². The van der Waals surface area contributed by atoms with E-state index in [-0.39, 0.29) is 16.7 Å². The number of hydrogen-bond acceptors (Lipinski definition) is 5. The normalized spacial score (nSPS) is 20.6. The minimum absolute atomic E-state index is 0.0126. The van der Waals surface area contributed by atoms with E-state index >= 15 is 0 Å². The summed E-state index contributed by atoms with van der Waals surface area (Å²) in [7, 11) is -3.54. The summed E-state index contributed by atoms with van der Waals surface area (Å²) in [6.45, 7) is 1.28. The molecule has 0 spiro atoms. The van der Waals surface area contributed by atoms with Gasteiger partial charge >= 0.3 is 5.97 Å². The largest absolute Gasteiger partial charge is 0.481 e. The SMILES string of the molecule is O=C(O)C1CCN(C(=O)CCCN=C2NS(=O)(=O)c3ccccc32)CC1. The molecule has 26 heavy (non-hydrogen) atoms. The number of carbonyl (C=O) groups is 2. The lowest BCUT2D eigenvalue weighted by atomic mass is 9.97. The molecule has 9 heteroatoms. The average molecular weight is 379 g/mol. The van der Waals surface area contributed by atoms with Gasteiger partial charge in [0.2, 0.25) is 5.91 Å². The van der Waals surface area contributed by atoms with Crippen LogP contribution in [-0.4, -0.2) is 55.8 Å². The van der Waals surface area contributed by atoms with Crippen molar-refractivity contribution in [3.05, 3.63) is 29.8 Å². The maximum atomic E-state index is 12.2. The standard InChI is InChI=1S/C17H21N3O5S/c21-15(20-10-7-12(8-11-20)17(22)23)6-3-9-18-16-13-4-1-2-5-14(13)26(24,25)19-16/h1-2,4-5,12H,3,6-11H2,(H,18,19)(H,22,23). The van der Waals surface area contributed by atoms with Crippen LogP contribution < -0.4 is 4.72 Å². The topological polar surface area (TPSA) is 116 Å². The van der Waals surface area contributed by atoms with E-state index in [1.165, 1.54) is 6.07 Å². The molecule has 140 valence electrons. The minimum atomic E-state index is -3.54. The zero-order chi connectivity index (χ0) is 18.7. The number of carboxylic acid groups (broad SMARTS) is 1. The van der Waals surface area contributed by atoms with Crippen molar-refractivity contribution in [3.8, 4) is 0 Å². The number of benzene rings is 1. The first-order valence-electron chi connectivity index (χ1n) is 8.56. The highest BCUT2D eigenvalue weighted by Crippen LogP contribution is 2.22. The third kappa shape index (κ3) is 3.87. The van der Waals surface area contributed by atoms with Crippen LogP contribution in [0.25, 0.3) is 0 Å². The Bertz CT molecular complexity index is 842. The molecule has 0 aromatic heterocycles. The number of sulfonamides is 1. The van der Waals surface area contributed by atoms with Gasteiger partial charge in [0.25, 0.3) is 10.0 Å².